The van der Waals surface area contributed by atoms with Gasteiger partial charge in [0.05, 0.1) is 6.04 Å². The lowest BCUT2D eigenvalue weighted by Crippen LogP contribution is -2.30. The van der Waals surface area contributed by atoms with Crippen molar-refractivity contribution in [3.05, 3.63) is 41.2 Å². The number of amides is 1. The van der Waals surface area contributed by atoms with Crippen molar-refractivity contribution >= 4 is 5.91 Å². The van der Waals surface area contributed by atoms with E-state index < -0.39 is 0 Å². The highest BCUT2D eigenvalue weighted by Crippen LogP contribution is 2.45. The molecule has 1 aliphatic heterocycles. The van der Waals surface area contributed by atoms with E-state index in [1.807, 2.05) is 24.0 Å². The Bertz CT molecular complexity index is 478. The van der Waals surface area contributed by atoms with Crippen LogP contribution in [0.15, 0.2) is 35.7 Å². The van der Waals surface area contributed by atoms with Gasteiger partial charge in [-0.3, -0.25) is 9.78 Å². The molecule has 1 amide bonds. The Kier molecular flexibility index (Phi) is 2.46. The van der Waals surface area contributed by atoms with Crippen LogP contribution >= 0.6 is 0 Å². The van der Waals surface area contributed by atoms with Crippen LogP contribution in [-0.4, -0.2) is 22.3 Å². The number of aromatic nitrogens is 1. The van der Waals surface area contributed by atoms with Gasteiger partial charge in [0, 0.05) is 24.5 Å². The number of nitrogens with zero attached hydrogens (tertiary/aromatic N) is 2. The van der Waals surface area contributed by atoms with Gasteiger partial charge in [0.25, 0.3) is 5.91 Å². The standard InChI is InChI=1S/C14H16N2O/c1-2-16-13(10-6-8-15-9-7-10)11-4-3-5-12(11)14(16)17/h6-9,13H,2-5H2,1H3. The summed E-state index contributed by atoms with van der Waals surface area (Å²) >= 11 is 0. The minimum absolute atomic E-state index is 0.174. The molecular formula is C14H16N2O. The van der Waals surface area contributed by atoms with Crippen LogP contribution in [0.25, 0.3) is 0 Å². The van der Waals surface area contributed by atoms with Crippen LogP contribution in [0, 0.1) is 0 Å². The molecule has 0 saturated heterocycles. The van der Waals surface area contributed by atoms with Gasteiger partial charge in [-0.05, 0) is 49.5 Å². The summed E-state index contributed by atoms with van der Waals surface area (Å²) < 4.78 is 0. The van der Waals surface area contributed by atoms with E-state index in [1.165, 1.54) is 11.1 Å². The van der Waals surface area contributed by atoms with Crippen LogP contribution in [-0.2, 0) is 4.79 Å². The molecular weight excluding hydrogens is 212 g/mol. The minimum atomic E-state index is 0.174. The van der Waals surface area contributed by atoms with Gasteiger partial charge in [-0.15, -0.1) is 0 Å². The number of rotatable bonds is 2. The van der Waals surface area contributed by atoms with Gasteiger partial charge in [0.1, 0.15) is 0 Å². The average Bonchev–Trinajstić information content (AvgIpc) is 2.92. The van der Waals surface area contributed by atoms with Crippen LogP contribution in [0.2, 0.25) is 0 Å². The van der Waals surface area contributed by atoms with Crippen LogP contribution in [0.1, 0.15) is 37.8 Å². The molecule has 0 N–H and O–H groups in total. The van der Waals surface area contributed by atoms with E-state index >= 15 is 0 Å². The molecule has 1 atom stereocenters. The molecule has 3 heteroatoms. The average molecular weight is 228 g/mol. The lowest BCUT2D eigenvalue weighted by molar-refractivity contribution is -0.127. The number of pyridine rings is 1. The summed E-state index contributed by atoms with van der Waals surface area (Å²) in [5, 5.41) is 0. The topological polar surface area (TPSA) is 33.2 Å². The minimum Gasteiger partial charge on any atom is -0.328 e. The summed E-state index contributed by atoms with van der Waals surface area (Å²) in [7, 11) is 0. The first-order valence-electron chi connectivity index (χ1n) is 6.25. The van der Waals surface area contributed by atoms with Gasteiger partial charge in [-0.1, -0.05) is 0 Å². The fraction of sp³-hybridized carbons (Fsp3) is 0.429. The molecule has 3 nitrogen and oxygen atoms in total. The summed E-state index contributed by atoms with van der Waals surface area (Å²) in [5.74, 6) is 0.252. The first-order valence-corrected chi connectivity index (χ1v) is 6.25. The lowest BCUT2D eigenvalue weighted by atomic mass is 9.99. The molecule has 0 fully saturated rings. The van der Waals surface area contributed by atoms with Crippen molar-refractivity contribution in [3.8, 4) is 0 Å². The van der Waals surface area contributed by atoms with Crippen molar-refractivity contribution in [1.29, 1.82) is 0 Å². The predicted octanol–water partition coefficient (Wildman–Crippen LogP) is 2.47. The van der Waals surface area contributed by atoms with Crippen molar-refractivity contribution in [2.75, 3.05) is 6.54 Å². The van der Waals surface area contributed by atoms with E-state index in [4.69, 9.17) is 0 Å². The molecule has 0 spiro atoms. The largest absolute Gasteiger partial charge is 0.328 e. The smallest absolute Gasteiger partial charge is 0.250 e. The molecule has 0 radical (unpaired) electrons. The van der Waals surface area contributed by atoms with E-state index in [-0.39, 0.29) is 11.9 Å². The summed E-state index contributed by atoms with van der Waals surface area (Å²) in [6, 6.07) is 4.22. The summed E-state index contributed by atoms with van der Waals surface area (Å²) in [6.07, 6.45) is 6.79. The Labute approximate surface area is 101 Å². The highest BCUT2D eigenvalue weighted by molar-refractivity contribution is 5.98. The van der Waals surface area contributed by atoms with Crippen molar-refractivity contribution in [2.45, 2.75) is 32.2 Å². The molecule has 1 aromatic rings. The van der Waals surface area contributed by atoms with Crippen molar-refractivity contribution in [3.63, 3.8) is 0 Å². The van der Waals surface area contributed by atoms with Gasteiger partial charge in [0.15, 0.2) is 0 Å². The number of carbonyl (C=O) groups excluding carboxylic acids is 1. The molecule has 0 saturated carbocycles. The highest BCUT2D eigenvalue weighted by Gasteiger charge is 2.40. The number of likely N-dealkylation sites (N-methyl/N-ethyl adjacent to an activating group) is 1. The van der Waals surface area contributed by atoms with Crippen LogP contribution in [0.5, 0.6) is 0 Å². The molecule has 17 heavy (non-hydrogen) atoms. The van der Waals surface area contributed by atoms with Gasteiger partial charge < -0.3 is 4.90 Å². The van der Waals surface area contributed by atoms with Crippen molar-refractivity contribution in [1.82, 2.24) is 9.88 Å². The van der Waals surface area contributed by atoms with Gasteiger partial charge >= 0.3 is 0 Å². The van der Waals surface area contributed by atoms with E-state index in [0.29, 0.717) is 0 Å². The summed E-state index contributed by atoms with van der Waals surface area (Å²) in [6.45, 7) is 2.83. The molecule has 1 aliphatic carbocycles. The predicted molar refractivity (Wildman–Crippen MR) is 65.2 cm³/mol. The quantitative estimate of drug-likeness (QED) is 0.779. The zero-order chi connectivity index (χ0) is 11.8. The van der Waals surface area contributed by atoms with Gasteiger partial charge in [0.2, 0.25) is 0 Å². The summed E-state index contributed by atoms with van der Waals surface area (Å²) in [4.78, 5) is 18.3. The Morgan fingerprint density at radius 1 is 1.35 bits per heavy atom. The van der Waals surface area contributed by atoms with Crippen LogP contribution in [0.3, 0.4) is 0 Å². The second-order valence-electron chi connectivity index (χ2n) is 4.63. The Morgan fingerprint density at radius 3 is 2.82 bits per heavy atom. The van der Waals surface area contributed by atoms with Gasteiger partial charge in [-0.25, -0.2) is 0 Å². The maximum Gasteiger partial charge on any atom is 0.250 e. The van der Waals surface area contributed by atoms with Crippen LogP contribution in [0.4, 0.5) is 0 Å². The normalized spacial score (nSPS) is 23.5. The number of hydrogen-bond acceptors (Lipinski definition) is 2. The molecule has 0 aromatic carbocycles. The third-order valence-electron chi connectivity index (χ3n) is 3.78. The highest BCUT2D eigenvalue weighted by atomic mass is 16.2. The van der Waals surface area contributed by atoms with Crippen molar-refractivity contribution < 1.29 is 4.79 Å². The second kappa shape index (κ2) is 3.99. The maximum absolute atomic E-state index is 12.3. The van der Waals surface area contributed by atoms with E-state index in [1.54, 1.807) is 12.4 Å². The molecule has 88 valence electrons. The Morgan fingerprint density at radius 2 is 2.12 bits per heavy atom. The SMILES string of the molecule is CCN1C(=O)C2=C(CCC2)C1c1ccncc1. The third kappa shape index (κ3) is 1.49. The zero-order valence-corrected chi connectivity index (χ0v) is 10.0. The first-order chi connectivity index (χ1) is 8.33. The third-order valence-corrected chi connectivity index (χ3v) is 3.78. The first kappa shape index (κ1) is 10.5. The molecule has 1 aromatic heterocycles. The van der Waals surface area contributed by atoms with E-state index in [0.717, 1.165) is 31.4 Å². The number of likely N-dealkylation sites (tertiary alicyclic amines) is 1. The van der Waals surface area contributed by atoms with E-state index in [2.05, 4.69) is 4.98 Å². The monoisotopic (exact) mass is 228 g/mol. The molecule has 3 rings (SSSR count). The Balaban J connectivity index is 2.05. The lowest BCUT2D eigenvalue weighted by Gasteiger charge is -2.26. The summed E-state index contributed by atoms with van der Waals surface area (Å²) in [5.41, 5.74) is 3.62. The number of hydrogen-bond donors (Lipinski definition) is 0. The molecule has 2 aliphatic rings. The second-order valence-corrected chi connectivity index (χ2v) is 4.63. The molecule has 2 heterocycles. The maximum atomic E-state index is 12.3. The number of carbonyl (C=O) groups is 1. The van der Waals surface area contributed by atoms with E-state index in [9.17, 15) is 4.79 Å². The fourth-order valence-electron chi connectivity index (χ4n) is 3.04. The Hall–Kier alpha value is -1.64. The zero-order valence-electron chi connectivity index (χ0n) is 10.0. The van der Waals surface area contributed by atoms with Crippen molar-refractivity contribution in [2.24, 2.45) is 0 Å². The fourth-order valence-corrected chi connectivity index (χ4v) is 3.04. The molecule has 1 unspecified atom stereocenters. The molecule has 0 bridgehead atoms. The van der Waals surface area contributed by atoms with Gasteiger partial charge in [-0.2, -0.15) is 0 Å². The van der Waals surface area contributed by atoms with Crippen LogP contribution < -0.4 is 0 Å².